The van der Waals surface area contributed by atoms with Crippen LogP contribution in [-0.4, -0.2) is 27.3 Å². The van der Waals surface area contributed by atoms with Gasteiger partial charge in [-0.3, -0.25) is 19.3 Å². The van der Waals surface area contributed by atoms with Crippen molar-refractivity contribution in [3.8, 4) is 5.75 Å². The highest BCUT2D eigenvalue weighted by atomic mass is 32.2. The highest BCUT2D eigenvalue weighted by molar-refractivity contribution is 8.18. The number of amides is 2. The van der Waals surface area contributed by atoms with Crippen LogP contribution >= 0.6 is 23.5 Å². The number of phenols is 1. The van der Waals surface area contributed by atoms with Crippen LogP contribution in [-0.2, 0) is 14.4 Å². The van der Waals surface area contributed by atoms with Crippen molar-refractivity contribution in [2.75, 3.05) is 4.90 Å². The van der Waals surface area contributed by atoms with E-state index < -0.39 is 0 Å². The zero-order valence-electron chi connectivity index (χ0n) is 17.6. The van der Waals surface area contributed by atoms with E-state index in [0.717, 1.165) is 21.8 Å². The van der Waals surface area contributed by atoms with Crippen LogP contribution in [0.1, 0.15) is 24.3 Å². The topological polar surface area (TPSA) is 74.7 Å². The predicted molar refractivity (Wildman–Crippen MR) is 127 cm³/mol. The molecule has 0 radical (unpaired) electrons. The lowest BCUT2D eigenvalue weighted by atomic mass is 9.68. The molecule has 3 heterocycles. The van der Waals surface area contributed by atoms with Crippen molar-refractivity contribution in [2.24, 2.45) is 29.6 Å². The molecule has 7 atom stereocenters. The van der Waals surface area contributed by atoms with Gasteiger partial charge in [0, 0.05) is 27.4 Å². The van der Waals surface area contributed by atoms with Crippen LogP contribution in [0.4, 0.5) is 5.69 Å². The predicted octanol–water partition coefficient (Wildman–Crippen LogP) is 4.54. The highest BCUT2D eigenvalue weighted by Gasteiger charge is 2.69. The maximum atomic E-state index is 13.6. The summed E-state index contributed by atoms with van der Waals surface area (Å²) in [5.74, 6) is 0.0574. The van der Waals surface area contributed by atoms with Crippen LogP contribution in [0.3, 0.4) is 0 Å². The summed E-state index contributed by atoms with van der Waals surface area (Å²) in [7, 11) is 0. The van der Waals surface area contributed by atoms with E-state index in [4.69, 9.17) is 0 Å². The molecule has 2 aromatic carbocycles. The van der Waals surface area contributed by atoms with E-state index in [9.17, 15) is 19.5 Å². The number of hydrogen-bond acceptors (Lipinski definition) is 6. The lowest BCUT2D eigenvalue weighted by molar-refractivity contribution is -0.123. The number of benzene rings is 2. The SMILES string of the molecule is O=C1CC2=C(S1)C(c1ccc(O)cc1)C1C3CC(C1S2)C1C(=O)N(c2ccccc2)C(=O)C31. The van der Waals surface area contributed by atoms with Crippen LogP contribution in [0, 0.1) is 29.6 Å². The minimum absolute atomic E-state index is 0.0351. The van der Waals surface area contributed by atoms with E-state index in [1.165, 1.54) is 16.7 Å². The van der Waals surface area contributed by atoms with Gasteiger partial charge in [-0.05, 0) is 54.0 Å². The molecule has 166 valence electrons. The number of para-hydroxylation sites is 1. The Bertz CT molecular complexity index is 1240. The second-order valence-corrected chi connectivity index (χ2v) is 12.0. The molecule has 0 aromatic heterocycles. The summed E-state index contributed by atoms with van der Waals surface area (Å²) < 4.78 is 0. The normalized spacial score (nSPS) is 36.4. The number of allylic oxidation sites excluding steroid dienone is 2. The zero-order chi connectivity index (χ0) is 22.4. The molecule has 3 aliphatic heterocycles. The number of carbonyl (C=O) groups excluding carboxylic acids is 3. The van der Waals surface area contributed by atoms with E-state index in [0.29, 0.717) is 12.1 Å². The maximum Gasteiger partial charge on any atom is 0.238 e. The Morgan fingerprint density at radius 3 is 2.30 bits per heavy atom. The molecule has 5 aliphatic rings. The van der Waals surface area contributed by atoms with Gasteiger partial charge in [-0.1, -0.05) is 42.1 Å². The van der Waals surface area contributed by atoms with Crippen molar-refractivity contribution < 1.29 is 19.5 Å². The van der Waals surface area contributed by atoms with Crippen LogP contribution in [0.2, 0.25) is 0 Å². The summed E-state index contributed by atoms with van der Waals surface area (Å²) in [6, 6.07) is 16.6. The molecular weight excluding hydrogens is 454 g/mol. The third-order valence-electron chi connectivity index (χ3n) is 8.18. The molecule has 0 spiro atoms. The monoisotopic (exact) mass is 475 g/mol. The number of hydrogen-bond donors (Lipinski definition) is 1. The number of aromatic hydroxyl groups is 1. The van der Waals surface area contributed by atoms with E-state index in [1.807, 2.05) is 42.5 Å². The zero-order valence-corrected chi connectivity index (χ0v) is 19.2. The van der Waals surface area contributed by atoms with Crippen molar-refractivity contribution in [1.29, 1.82) is 0 Å². The average Bonchev–Trinajstić information content (AvgIpc) is 3.54. The van der Waals surface area contributed by atoms with Gasteiger partial charge in [0.1, 0.15) is 5.75 Å². The summed E-state index contributed by atoms with van der Waals surface area (Å²) in [6.07, 6.45) is 1.35. The first-order chi connectivity index (χ1) is 16.0. The molecule has 2 saturated carbocycles. The molecule has 1 N–H and O–H groups in total. The largest absolute Gasteiger partial charge is 0.508 e. The molecule has 1 saturated heterocycles. The minimum Gasteiger partial charge on any atom is -0.508 e. The van der Waals surface area contributed by atoms with Gasteiger partial charge >= 0.3 is 0 Å². The molecule has 33 heavy (non-hydrogen) atoms. The first-order valence-corrected chi connectivity index (χ1v) is 13.0. The standard InChI is InChI=1S/C26H21NO4S2/c28-14-8-6-12(7-9-14)19-20-15-10-16(23(20)32-17-11-18(29)33-24(17)19)22-21(15)25(30)27(26(22)31)13-4-2-1-3-5-13/h1-9,15-16,19-23,28H,10-11H2. The highest BCUT2D eigenvalue weighted by Crippen LogP contribution is 2.70. The third kappa shape index (κ3) is 2.66. The van der Waals surface area contributed by atoms with Crippen LogP contribution in [0.15, 0.2) is 64.4 Å². The Hall–Kier alpha value is -2.51. The second kappa shape index (κ2) is 7.00. The molecule has 5 nitrogen and oxygen atoms in total. The van der Waals surface area contributed by atoms with Gasteiger partial charge in [-0.25, -0.2) is 0 Å². The van der Waals surface area contributed by atoms with Gasteiger partial charge in [0.05, 0.1) is 17.5 Å². The summed E-state index contributed by atoms with van der Waals surface area (Å²) in [5.41, 5.74) is 1.74. The number of phenolic OH excluding ortho intramolecular Hbond substituents is 1. The fourth-order valence-electron chi connectivity index (χ4n) is 7.08. The summed E-state index contributed by atoms with van der Waals surface area (Å²) in [6.45, 7) is 0. The maximum absolute atomic E-state index is 13.6. The molecular formula is C26H21NO4S2. The van der Waals surface area contributed by atoms with E-state index in [-0.39, 0.29) is 63.4 Å². The van der Waals surface area contributed by atoms with Crippen molar-refractivity contribution in [1.82, 2.24) is 0 Å². The van der Waals surface area contributed by atoms with Crippen LogP contribution in [0.25, 0.3) is 0 Å². The van der Waals surface area contributed by atoms with E-state index in [1.54, 1.807) is 23.9 Å². The Labute approximate surface area is 199 Å². The van der Waals surface area contributed by atoms with Gasteiger partial charge in [0.15, 0.2) is 5.12 Å². The number of imide groups is 1. The first kappa shape index (κ1) is 19.9. The molecule has 7 rings (SSSR count). The molecule has 7 heteroatoms. The summed E-state index contributed by atoms with van der Waals surface area (Å²) in [5, 5.41) is 10.2. The fourth-order valence-corrected chi connectivity index (χ4v) is 10.3. The van der Waals surface area contributed by atoms with Crippen LogP contribution < -0.4 is 4.90 Å². The van der Waals surface area contributed by atoms with Crippen molar-refractivity contribution in [2.45, 2.75) is 24.0 Å². The van der Waals surface area contributed by atoms with Gasteiger partial charge in [-0.15, -0.1) is 11.8 Å². The number of carbonyl (C=O) groups is 3. The lowest BCUT2D eigenvalue weighted by Gasteiger charge is -2.44. The first-order valence-electron chi connectivity index (χ1n) is 11.3. The quantitative estimate of drug-likeness (QED) is 0.643. The molecule has 3 fully saturated rings. The van der Waals surface area contributed by atoms with Gasteiger partial charge in [-0.2, -0.15) is 0 Å². The third-order valence-corrected chi connectivity index (χ3v) is 11.0. The number of fused-ring (bicyclic) bond motifs is 8. The Morgan fingerprint density at radius 1 is 0.879 bits per heavy atom. The van der Waals surface area contributed by atoms with Crippen molar-refractivity contribution in [3.05, 3.63) is 70.0 Å². The number of thioether (sulfide) groups is 2. The molecule has 2 aromatic rings. The summed E-state index contributed by atoms with van der Waals surface area (Å²) >= 11 is 3.15. The average molecular weight is 476 g/mol. The summed E-state index contributed by atoms with van der Waals surface area (Å²) in [4.78, 5) is 43.2. The fraction of sp³-hybridized carbons (Fsp3) is 0.346. The van der Waals surface area contributed by atoms with E-state index in [2.05, 4.69) is 0 Å². The Kier molecular flexibility index (Phi) is 4.22. The smallest absolute Gasteiger partial charge is 0.238 e. The Balaban J connectivity index is 1.31. The molecule has 2 bridgehead atoms. The lowest BCUT2D eigenvalue weighted by Crippen LogP contribution is -2.42. The van der Waals surface area contributed by atoms with Gasteiger partial charge in [0.2, 0.25) is 11.8 Å². The number of rotatable bonds is 2. The van der Waals surface area contributed by atoms with Crippen molar-refractivity contribution >= 4 is 46.1 Å². The molecule has 7 unspecified atom stereocenters. The van der Waals surface area contributed by atoms with Crippen LogP contribution in [0.5, 0.6) is 5.75 Å². The van der Waals surface area contributed by atoms with E-state index >= 15 is 0 Å². The Morgan fingerprint density at radius 2 is 1.58 bits per heavy atom. The van der Waals surface area contributed by atoms with Crippen molar-refractivity contribution in [3.63, 3.8) is 0 Å². The minimum atomic E-state index is -0.284. The van der Waals surface area contributed by atoms with Gasteiger partial charge in [0.25, 0.3) is 0 Å². The second-order valence-electron chi connectivity index (χ2n) is 9.63. The number of anilines is 1. The molecule has 2 amide bonds. The number of nitrogens with zero attached hydrogens (tertiary/aromatic N) is 1. The van der Waals surface area contributed by atoms with Gasteiger partial charge < -0.3 is 5.11 Å². The molecule has 2 aliphatic carbocycles.